The normalized spacial score (nSPS) is 10.8. The Bertz CT molecular complexity index is 910. The van der Waals surface area contributed by atoms with Gasteiger partial charge < -0.3 is 10.1 Å². The summed E-state index contributed by atoms with van der Waals surface area (Å²) in [4.78, 5) is 16.8. The lowest BCUT2D eigenvalue weighted by molar-refractivity contribution is -0.113. The van der Waals surface area contributed by atoms with E-state index < -0.39 is 0 Å². The highest BCUT2D eigenvalue weighted by molar-refractivity contribution is 8.00. The summed E-state index contributed by atoms with van der Waals surface area (Å²) in [6.45, 7) is 3.78. The van der Waals surface area contributed by atoms with Gasteiger partial charge in [0, 0.05) is 5.39 Å². The van der Waals surface area contributed by atoms with Gasteiger partial charge in [-0.25, -0.2) is 9.61 Å². The van der Waals surface area contributed by atoms with E-state index in [4.69, 9.17) is 4.74 Å². The Morgan fingerprint density at radius 3 is 2.84 bits per heavy atom. The molecule has 0 radical (unpaired) electrons. The van der Waals surface area contributed by atoms with Crippen molar-refractivity contribution in [2.75, 3.05) is 18.2 Å². The van der Waals surface area contributed by atoms with Crippen LogP contribution in [0, 0.1) is 6.92 Å². The third-order valence-electron chi connectivity index (χ3n) is 3.69. The Morgan fingerprint density at radius 1 is 1.32 bits per heavy atom. The predicted molar refractivity (Wildman–Crippen MR) is 96.1 cm³/mol. The number of nitrogens with zero attached hydrogens (tertiary/aromatic N) is 3. The van der Waals surface area contributed by atoms with E-state index >= 15 is 0 Å². The quantitative estimate of drug-likeness (QED) is 0.677. The summed E-state index contributed by atoms with van der Waals surface area (Å²) in [6.07, 6.45) is 0.830. The Hall–Kier alpha value is -2.61. The van der Waals surface area contributed by atoms with Crippen molar-refractivity contribution in [1.82, 2.24) is 15.3 Å². The number of methoxy groups -OCH3 is 1. The maximum absolute atomic E-state index is 12.1. The smallest absolute Gasteiger partial charge is 0.236 e. The molecule has 1 N–H and O–H groups in total. The molecule has 0 atom stereocenters. The molecule has 0 saturated carbocycles. The summed E-state index contributed by atoms with van der Waals surface area (Å²) in [5, 5.41) is 11.8. The second kappa shape index (κ2) is 7.52. The fourth-order valence-electron chi connectivity index (χ4n) is 2.33. The molecular formula is C17H18N4O3S. The zero-order valence-electron chi connectivity index (χ0n) is 14.2. The zero-order chi connectivity index (χ0) is 17.8. The monoisotopic (exact) mass is 358 g/mol. The van der Waals surface area contributed by atoms with Gasteiger partial charge in [-0.05, 0) is 48.3 Å². The first kappa shape index (κ1) is 17.2. The van der Waals surface area contributed by atoms with Crippen LogP contribution in [0.2, 0.25) is 0 Å². The molecule has 0 aliphatic rings. The Balaban J connectivity index is 1.76. The number of pyridine rings is 1. The summed E-state index contributed by atoms with van der Waals surface area (Å²) < 4.78 is 9.83. The van der Waals surface area contributed by atoms with Crippen LogP contribution in [0.4, 0.5) is 5.82 Å². The number of carbonyl (C=O) groups is 1. The summed E-state index contributed by atoms with van der Waals surface area (Å²) in [5.41, 5.74) is 2.51. The average molecular weight is 358 g/mol. The zero-order valence-corrected chi connectivity index (χ0v) is 15.0. The molecule has 130 valence electrons. The van der Waals surface area contributed by atoms with Crippen LogP contribution in [-0.2, 0) is 11.2 Å². The van der Waals surface area contributed by atoms with Crippen LogP contribution in [0.5, 0.6) is 5.75 Å². The summed E-state index contributed by atoms with van der Waals surface area (Å²) >= 11 is 1.40. The van der Waals surface area contributed by atoms with E-state index in [0.29, 0.717) is 11.5 Å². The number of nitrogens with one attached hydrogen (secondary N) is 1. The van der Waals surface area contributed by atoms with Crippen LogP contribution in [0.3, 0.4) is 0 Å². The molecule has 0 bridgehead atoms. The molecule has 0 aliphatic heterocycles. The predicted octanol–water partition coefficient (Wildman–Crippen LogP) is 3.23. The molecule has 7 nitrogen and oxygen atoms in total. The van der Waals surface area contributed by atoms with Gasteiger partial charge in [0.25, 0.3) is 0 Å². The molecule has 3 aromatic rings. The summed E-state index contributed by atoms with van der Waals surface area (Å²) in [5.74, 6) is 1.20. The van der Waals surface area contributed by atoms with Gasteiger partial charge >= 0.3 is 0 Å². The molecule has 2 heterocycles. The van der Waals surface area contributed by atoms with Gasteiger partial charge in [-0.15, -0.1) is 0 Å². The van der Waals surface area contributed by atoms with Crippen molar-refractivity contribution in [3.63, 3.8) is 0 Å². The van der Waals surface area contributed by atoms with Crippen molar-refractivity contribution in [3.8, 4) is 5.75 Å². The van der Waals surface area contributed by atoms with Crippen LogP contribution < -0.4 is 10.1 Å². The number of aryl methyl sites for hydroxylation is 2. The van der Waals surface area contributed by atoms with E-state index in [2.05, 4.69) is 38.2 Å². The van der Waals surface area contributed by atoms with E-state index in [1.54, 1.807) is 14.0 Å². The second-order valence-corrected chi connectivity index (χ2v) is 6.36. The molecule has 0 saturated heterocycles. The average Bonchev–Trinajstić information content (AvgIpc) is 3.03. The highest BCUT2D eigenvalue weighted by atomic mass is 32.2. The van der Waals surface area contributed by atoms with Crippen molar-refractivity contribution in [2.45, 2.75) is 25.3 Å². The largest absolute Gasteiger partial charge is 0.497 e. The second-order valence-electron chi connectivity index (χ2n) is 5.40. The number of thioether (sulfide) groups is 1. The number of rotatable bonds is 6. The van der Waals surface area contributed by atoms with Crippen molar-refractivity contribution >= 4 is 34.4 Å². The molecular weight excluding hydrogens is 340 g/mol. The first-order chi connectivity index (χ1) is 12.1. The Kier molecular flexibility index (Phi) is 5.18. The number of hydrogen-bond acceptors (Lipinski definition) is 7. The van der Waals surface area contributed by atoms with Gasteiger partial charge in [0.1, 0.15) is 16.5 Å². The number of aromatic nitrogens is 3. The van der Waals surface area contributed by atoms with Gasteiger partial charge in [0.15, 0.2) is 5.82 Å². The molecule has 0 aliphatic carbocycles. The van der Waals surface area contributed by atoms with E-state index in [1.165, 1.54) is 11.8 Å². The van der Waals surface area contributed by atoms with E-state index in [1.807, 2.05) is 18.2 Å². The first-order valence-corrected chi connectivity index (χ1v) is 8.78. The number of fused-ring (bicyclic) bond motifs is 1. The molecule has 0 fully saturated rings. The Labute approximate surface area is 149 Å². The van der Waals surface area contributed by atoms with Crippen molar-refractivity contribution in [2.24, 2.45) is 0 Å². The number of carbonyl (C=O) groups excluding carboxylic acids is 1. The molecule has 8 heteroatoms. The van der Waals surface area contributed by atoms with Crippen LogP contribution >= 0.6 is 11.8 Å². The lowest BCUT2D eigenvalue weighted by atomic mass is 10.1. The molecule has 0 unspecified atom stereocenters. The minimum absolute atomic E-state index is 0.178. The highest BCUT2D eigenvalue weighted by Crippen LogP contribution is 2.27. The Morgan fingerprint density at radius 2 is 2.16 bits per heavy atom. The van der Waals surface area contributed by atoms with Gasteiger partial charge in [-0.1, -0.05) is 23.8 Å². The number of hydrogen-bond donors (Lipinski definition) is 1. The summed E-state index contributed by atoms with van der Waals surface area (Å²) in [6, 6.07) is 7.85. The van der Waals surface area contributed by atoms with Crippen molar-refractivity contribution in [3.05, 3.63) is 35.5 Å². The molecule has 1 amide bonds. The lowest BCUT2D eigenvalue weighted by Crippen LogP contribution is -2.15. The van der Waals surface area contributed by atoms with Gasteiger partial charge in [-0.3, -0.25) is 4.79 Å². The number of ether oxygens (including phenoxy) is 1. The van der Waals surface area contributed by atoms with Crippen LogP contribution in [0.25, 0.3) is 10.9 Å². The van der Waals surface area contributed by atoms with E-state index in [-0.39, 0.29) is 11.7 Å². The van der Waals surface area contributed by atoms with E-state index in [9.17, 15) is 4.79 Å². The maximum atomic E-state index is 12.1. The third-order valence-corrected chi connectivity index (χ3v) is 4.73. The minimum atomic E-state index is -0.178. The van der Waals surface area contributed by atoms with Gasteiger partial charge in [0.05, 0.1) is 18.4 Å². The highest BCUT2D eigenvalue weighted by Gasteiger charge is 2.13. The first-order valence-electron chi connectivity index (χ1n) is 7.80. The van der Waals surface area contributed by atoms with Crippen LogP contribution in [0.1, 0.15) is 18.2 Å². The standard InChI is InChI=1S/C17H18N4O3S/c1-4-11-7-12-8-13(23-3)5-6-14(12)18-17(11)25-9-15(22)19-16-10(2)20-24-21-16/h5-8H,4,9H2,1-3H3,(H,19,21,22). The number of amides is 1. The topological polar surface area (TPSA) is 90.1 Å². The van der Waals surface area contributed by atoms with Crippen molar-refractivity contribution in [1.29, 1.82) is 0 Å². The number of anilines is 1. The SMILES string of the molecule is CCc1cc2cc(OC)ccc2nc1SCC(=O)Nc1nonc1C. The molecule has 2 aromatic heterocycles. The molecule has 1 aromatic carbocycles. The maximum Gasteiger partial charge on any atom is 0.236 e. The fraction of sp³-hybridized carbons (Fsp3) is 0.294. The van der Waals surface area contributed by atoms with Gasteiger partial charge in [-0.2, -0.15) is 0 Å². The molecule has 25 heavy (non-hydrogen) atoms. The van der Waals surface area contributed by atoms with Crippen LogP contribution in [0.15, 0.2) is 33.9 Å². The fourth-order valence-corrected chi connectivity index (χ4v) is 3.22. The van der Waals surface area contributed by atoms with E-state index in [0.717, 1.165) is 33.7 Å². The summed E-state index contributed by atoms with van der Waals surface area (Å²) in [7, 11) is 1.64. The lowest BCUT2D eigenvalue weighted by Gasteiger charge is -2.10. The third kappa shape index (κ3) is 3.90. The van der Waals surface area contributed by atoms with Gasteiger partial charge in [0.2, 0.25) is 5.91 Å². The minimum Gasteiger partial charge on any atom is -0.497 e. The van der Waals surface area contributed by atoms with Crippen LogP contribution in [-0.4, -0.2) is 34.1 Å². The van der Waals surface area contributed by atoms with Crippen molar-refractivity contribution < 1.29 is 14.2 Å². The molecule has 0 spiro atoms. The molecule has 3 rings (SSSR count). The number of benzene rings is 1.